The van der Waals surface area contributed by atoms with Gasteiger partial charge in [-0.3, -0.25) is 0 Å². The molecule has 1 fully saturated rings. The van der Waals surface area contributed by atoms with E-state index in [1.807, 2.05) is 6.82 Å². The number of nitrogens with zero attached hydrogens (tertiary/aromatic N) is 2. The molecular formula is C10H23BN2O. The van der Waals surface area contributed by atoms with Crippen LogP contribution in [0.5, 0.6) is 0 Å². The van der Waals surface area contributed by atoms with Gasteiger partial charge in [0.15, 0.2) is 0 Å². The summed E-state index contributed by atoms with van der Waals surface area (Å²) >= 11 is 0. The van der Waals surface area contributed by atoms with Crippen LogP contribution in [0.4, 0.5) is 0 Å². The highest BCUT2D eigenvalue weighted by Crippen LogP contribution is 2.16. The monoisotopic (exact) mass is 198 g/mol. The Bertz CT molecular complexity index is 171. The van der Waals surface area contributed by atoms with Gasteiger partial charge in [0.2, 0.25) is 0 Å². The third kappa shape index (κ3) is 3.99. The van der Waals surface area contributed by atoms with Gasteiger partial charge in [-0.25, -0.2) is 0 Å². The summed E-state index contributed by atoms with van der Waals surface area (Å²) < 4.78 is 0. The summed E-state index contributed by atoms with van der Waals surface area (Å²) in [6.07, 6.45) is 0. The first-order valence-electron chi connectivity index (χ1n) is 5.53. The second-order valence-electron chi connectivity index (χ2n) is 5.50. The Morgan fingerprint density at radius 2 is 1.64 bits per heavy atom. The molecule has 0 atom stereocenters. The number of piperazine rings is 1. The molecule has 0 unspecified atom stereocenters. The Kier molecular flexibility index (Phi) is 3.99. The fraction of sp³-hybridized carbons (Fsp3) is 1.00. The molecule has 3 nitrogen and oxygen atoms in total. The molecule has 0 radical (unpaired) electrons. The first-order valence-corrected chi connectivity index (χ1v) is 5.53. The van der Waals surface area contributed by atoms with Gasteiger partial charge in [-0.15, -0.1) is 0 Å². The lowest BCUT2D eigenvalue weighted by Gasteiger charge is -2.38. The molecule has 0 aliphatic carbocycles. The second kappa shape index (κ2) is 4.64. The summed E-state index contributed by atoms with van der Waals surface area (Å²) in [5.74, 6) is 0. The van der Waals surface area contributed by atoms with E-state index < -0.39 is 0 Å². The molecule has 1 saturated heterocycles. The molecule has 0 bridgehead atoms. The van der Waals surface area contributed by atoms with Crippen LogP contribution in [0.15, 0.2) is 0 Å². The van der Waals surface area contributed by atoms with E-state index >= 15 is 0 Å². The van der Waals surface area contributed by atoms with Crippen LogP contribution in [0.25, 0.3) is 0 Å². The second-order valence-corrected chi connectivity index (χ2v) is 5.50. The Morgan fingerprint density at radius 3 is 2.00 bits per heavy atom. The minimum absolute atomic E-state index is 0.285. The Morgan fingerprint density at radius 1 is 1.14 bits per heavy atom. The highest BCUT2D eigenvalue weighted by Gasteiger charge is 2.24. The van der Waals surface area contributed by atoms with Crippen LogP contribution in [0.3, 0.4) is 0 Å². The zero-order valence-corrected chi connectivity index (χ0v) is 9.95. The maximum atomic E-state index is 9.40. The molecule has 0 aromatic heterocycles. The molecule has 1 aliphatic rings. The van der Waals surface area contributed by atoms with E-state index in [-0.39, 0.29) is 7.05 Å². The van der Waals surface area contributed by atoms with Crippen LogP contribution < -0.4 is 0 Å². The fourth-order valence-electron chi connectivity index (χ4n) is 1.97. The Hall–Kier alpha value is -0.0551. The molecular weight excluding hydrogens is 175 g/mol. The van der Waals surface area contributed by atoms with Crippen molar-refractivity contribution in [1.82, 2.24) is 9.71 Å². The molecule has 0 amide bonds. The standard InChI is InChI=1S/C10H23BN2O/c1-10(2,3)9-12-5-7-13(8-6-12)11(4)14/h14H,5-9H2,1-4H3. The lowest BCUT2D eigenvalue weighted by atomic mass is 9.84. The molecule has 0 saturated carbocycles. The maximum absolute atomic E-state index is 9.40. The summed E-state index contributed by atoms with van der Waals surface area (Å²) in [5, 5.41) is 9.40. The summed E-state index contributed by atoms with van der Waals surface area (Å²) in [4.78, 5) is 4.61. The molecule has 1 heterocycles. The summed E-state index contributed by atoms with van der Waals surface area (Å²) in [5.41, 5.74) is 0.382. The zero-order chi connectivity index (χ0) is 10.8. The number of hydrogen-bond donors (Lipinski definition) is 1. The average Bonchev–Trinajstić information content (AvgIpc) is 2.02. The van der Waals surface area contributed by atoms with Crippen molar-refractivity contribution in [3.8, 4) is 0 Å². The van der Waals surface area contributed by atoms with Gasteiger partial charge in [-0.2, -0.15) is 0 Å². The summed E-state index contributed by atoms with van der Waals surface area (Å²) in [6.45, 7) is 14.0. The van der Waals surface area contributed by atoms with Crippen LogP contribution in [-0.2, 0) is 0 Å². The van der Waals surface area contributed by atoms with Crippen molar-refractivity contribution in [3.05, 3.63) is 0 Å². The van der Waals surface area contributed by atoms with Gasteiger partial charge in [-0.05, 0) is 12.2 Å². The molecule has 14 heavy (non-hydrogen) atoms. The molecule has 0 aromatic rings. The van der Waals surface area contributed by atoms with Crippen molar-refractivity contribution in [2.75, 3.05) is 32.7 Å². The van der Waals surface area contributed by atoms with Crippen LogP contribution in [0.2, 0.25) is 6.82 Å². The van der Waals surface area contributed by atoms with Crippen molar-refractivity contribution >= 4 is 7.05 Å². The van der Waals surface area contributed by atoms with E-state index in [0.717, 1.165) is 32.7 Å². The van der Waals surface area contributed by atoms with Crippen LogP contribution in [-0.4, -0.2) is 54.5 Å². The van der Waals surface area contributed by atoms with E-state index in [1.165, 1.54) is 0 Å². The van der Waals surface area contributed by atoms with Crippen LogP contribution in [0.1, 0.15) is 20.8 Å². The highest BCUT2D eigenvalue weighted by molar-refractivity contribution is 6.45. The fourth-order valence-corrected chi connectivity index (χ4v) is 1.97. The first-order chi connectivity index (χ1) is 6.38. The average molecular weight is 198 g/mol. The van der Waals surface area contributed by atoms with Gasteiger partial charge in [0.05, 0.1) is 0 Å². The highest BCUT2D eigenvalue weighted by atomic mass is 16.2. The molecule has 1 aliphatic heterocycles. The normalized spacial score (nSPS) is 21.2. The predicted molar refractivity (Wildman–Crippen MR) is 61.3 cm³/mol. The van der Waals surface area contributed by atoms with Crippen molar-refractivity contribution in [3.63, 3.8) is 0 Å². The molecule has 1 N–H and O–H groups in total. The van der Waals surface area contributed by atoms with Crippen molar-refractivity contribution in [2.45, 2.75) is 27.6 Å². The third-order valence-electron chi connectivity index (χ3n) is 2.63. The van der Waals surface area contributed by atoms with Gasteiger partial charge >= 0.3 is 7.05 Å². The lowest BCUT2D eigenvalue weighted by molar-refractivity contribution is 0.133. The largest absolute Gasteiger partial charge is 0.437 e. The zero-order valence-electron chi connectivity index (χ0n) is 9.95. The van der Waals surface area contributed by atoms with Crippen molar-refractivity contribution in [2.24, 2.45) is 5.41 Å². The Balaban J connectivity index is 2.29. The quantitative estimate of drug-likeness (QED) is 0.663. The van der Waals surface area contributed by atoms with Crippen LogP contribution in [0, 0.1) is 5.41 Å². The van der Waals surface area contributed by atoms with Gasteiger partial charge < -0.3 is 14.7 Å². The SMILES string of the molecule is CB(O)N1CCN(CC(C)(C)C)CC1. The topological polar surface area (TPSA) is 26.7 Å². The first kappa shape index (κ1) is 12.0. The third-order valence-corrected chi connectivity index (χ3v) is 2.63. The van der Waals surface area contributed by atoms with Gasteiger partial charge in [0.1, 0.15) is 0 Å². The van der Waals surface area contributed by atoms with E-state index in [9.17, 15) is 5.02 Å². The Labute approximate surface area is 88.2 Å². The number of rotatable bonds is 2. The summed E-state index contributed by atoms with van der Waals surface area (Å²) in [7, 11) is -0.285. The number of hydrogen-bond acceptors (Lipinski definition) is 3. The van der Waals surface area contributed by atoms with Crippen molar-refractivity contribution in [1.29, 1.82) is 0 Å². The smallest absolute Gasteiger partial charge is 0.376 e. The van der Waals surface area contributed by atoms with Crippen LogP contribution >= 0.6 is 0 Å². The van der Waals surface area contributed by atoms with E-state index in [4.69, 9.17) is 0 Å². The molecule has 1 rings (SSSR count). The van der Waals surface area contributed by atoms with Gasteiger partial charge in [0.25, 0.3) is 0 Å². The van der Waals surface area contributed by atoms with E-state index in [2.05, 4.69) is 30.5 Å². The predicted octanol–water partition coefficient (Wildman–Crippen LogP) is 0.760. The summed E-state index contributed by atoms with van der Waals surface area (Å²) in [6, 6.07) is 0. The van der Waals surface area contributed by atoms with Gasteiger partial charge in [-0.1, -0.05) is 20.8 Å². The molecule has 82 valence electrons. The minimum Gasteiger partial charge on any atom is -0.437 e. The lowest BCUT2D eigenvalue weighted by Crippen LogP contribution is -2.52. The minimum atomic E-state index is -0.285. The van der Waals surface area contributed by atoms with E-state index in [0.29, 0.717) is 5.41 Å². The molecule has 4 heteroatoms. The van der Waals surface area contributed by atoms with Crippen molar-refractivity contribution < 1.29 is 5.02 Å². The van der Waals surface area contributed by atoms with Gasteiger partial charge in [0, 0.05) is 32.7 Å². The molecule has 0 aromatic carbocycles. The maximum Gasteiger partial charge on any atom is 0.376 e. The van der Waals surface area contributed by atoms with E-state index in [1.54, 1.807) is 0 Å². The molecule has 0 spiro atoms.